The van der Waals surface area contributed by atoms with E-state index in [2.05, 4.69) is 10.3 Å². The molecule has 1 aliphatic rings. The summed E-state index contributed by atoms with van der Waals surface area (Å²) >= 11 is 0. The number of carboxylic acids is 1. The predicted octanol–water partition coefficient (Wildman–Crippen LogP) is 2.72. The zero-order chi connectivity index (χ0) is 17.3. The number of amides is 1. The maximum Gasteiger partial charge on any atom is 0.307 e. The Labute approximate surface area is 138 Å². The number of aromatic amines is 1. The molecule has 0 atom stereocenters. The van der Waals surface area contributed by atoms with Crippen molar-refractivity contribution < 1.29 is 19.5 Å². The number of aryl methyl sites for hydroxylation is 1. The van der Waals surface area contributed by atoms with Gasteiger partial charge in [0.05, 0.1) is 6.42 Å². The van der Waals surface area contributed by atoms with Gasteiger partial charge in [0.15, 0.2) is 5.78 Å². The van der Waals surface area contributed by atoms with Gasteiger partial charge in [-0.25, -0.2) is 0 Å². The van der Waals surface area contributed by atoms with Crippen LogP contribution in [0.3, 0.4) is 0 Å². The maximum absolute atomic E-state index is 12.6. The standard InChI is InChI=1S/C18H18N2O4/c1-10-16-13(7-4-8-14(16)21)19-17(10)18(24)20-12-6-3-2-5-11(12)9-15(22)23/h2-3,5-6,19H,4,7-9H2,1H3,(H,20,24)(H,22,23). The number of nitrogens with one attached hydrogen (secondary N) is 2. The number of carbonyl (C=O) groups excluding carboxylic acids is 2. The van der Waals surface area contributed by atoms with Gasteiger partial charge < -0.3 is 15.4 Å². The molecule has 0 radical (unpaired) electrons. The molecule has 0 bridgehead atoms. The number of ketones is 1. The Balaban J connectivity index is 1.89. The number of carboxylic acid groups (broad SMARTS) is 1. The Hall–Kier alpha value is -2.89. The van der Waals surface area contributed by atoms with Crippen molar-refractivity contribution in [2.75, 3.05) is 5.32 Å². The Morgan fingerprint density at radius 1 is 1.25 bits per heavy atom. The van der Waals surface area contributed by atoms with Crippen LogP contribution in [-0.4, -0.2) is 27.8 Å². The molecule has 0 fully saturated rings. The summed E-state index contributed by atoms with van der Waals surface area (Å²) in [6, 6.07) is 6.79. The van der Waals surface area contributed by atoms with Crippen molar-refractivity contribution in [3.8, 4) is 0 Å². The molecule has 24 heavy (non-hydrogen) atoms. The highest BCUT2D eigenvalue weighted by Crippen LogP contribution is 2.27. The molecule has 6 nitrogen and oxygen atoms in total. The fourth-order valence-electron chi connectivity index (χ4n) is 3.15. The maximum atomic E-state index is 12.6. The molecule has 1 amide bonds. The first-order valence-electron chi connectivity index (χ1n) is 7.83. The van der Waals surface area contributed by atoms with Crippen LogP contribution in [-0.2, 0) is 17.6 Å². The van der Waals surface area contributed by atoms with E-state index in [1.807, 2.05) is 0 Å². The van der Waals surface area contributed by atoms with E-state index in [1.54, 1.807) is 31.2 Å². The number of rotatable bonds is 4. The van der Waals surface area contributed by atoms with Gasteiger partial charge in [-0.1, -0.05) is 18.2 Å². The Kier molecular flexibility index (Phi) is 4.20. The van der Waals surface area contributed by atoms with E-state index in [1.165, 1.54) is 0 Å². The van der Waals surface area contributed by atoms with Crippen LogP contribution in [0.25, 0.3) is 0 Å². The van der Waals surface area contributed by atoms with E-state index in [0.29, 0.717) is 34.5 Å². The second-order valence-corrected chi connectivity index (χ2v) is 5.94. The lowest BCUT2D eigenvalue weighted by molar-refractivity contribution is -0.136. The number of fused-ring (bicyclic) bond motifs is 1. The van der Waals surface area contributed by atoms with E-state index < -0.39 is 5.97 Å². The molecule has 1 aromatic carbocycles. The first kappa shape index (κ1) is 16.0. The van der Waals surface area contributed by atoms with Crippen molar-refractivity contribution in [2.24, 2.45) is 0 Å². The smallest absolute Gasteiger partial charge is 0.307 e. The van der Waals surface area contributed by atoms with Crippen molar-refractivity contribution in [3.05, 3.63) is 52.3 Å². The number of benzene rings is 1. The topological polar surface area (TPSA) is 99.3 Å². The summed E-state index contributed by atoms with van der Waals surface area (Å²) < 4.78 is 0. The second-order valence-electron chi connectivity index (χ2n) is 5.94. The lowest BCUT2D eigenvalue weighted by atomic mass is 9.94. The lowest BCUT2D eigenvalue weighted by Crippen LogP contribution is -2.16. The largest absolute Gasteiger partial charge is 0.481 e. The van der Waals surface area contributed by atoms with Crippen LogP contribution in [0.2, 0.25) is 0 Å². The highest BCUT2D eigenvalue weighted by atomic mass is 16.4. The van der Waals surface area contributed by atoms with Gasteiger partial charge in [-0.3, -0.25) is 14.4 Å². The zero-order valence-electron chi connectivity index (χ0n) is 13.3. The number of Topliss-reactive ketones (excluding diaryl/α,β-unsaturated/α-hetero) is 1. The molecule has 1 aliphatic carbocycles. The summed E-state index contributed by atoms with van der Waals surface area (Å²) in [6.07, 6.45) is 1.88. The van der Waals surface area contributed by atoms with Crippen molar-refractivity contribution >= 4 is 23.3 Å². The van der Waals surface area contributed by atoms with Gasteiger partial charge in [0, 0.05) is 23.4 Å². The number of aromatic nitrogens is 1. The zero-order valence-corrected chi connectivity index (χ0v) is 13.3. The van der Waals surface area contributed by atoms with Crippen LogP contribution in [0, 0.1) is 6.92 Å². The molecule has 3 N–H and O–H groups in total. The van der Waals surface area contributed by atoms with E-state index in [9.17, 15) is 14.4 Å². The molecular formula is C18H18N2O4. The minimum atomic E-state index is -0.964. The van der Waals surface area contributed by atoms with Crippen molar-refractivity contribution in [2.45, 2.75) is 32.6 Å². The second kappa shape index (κ2) is 6.31. The first-order valence-corrected chi connectivity index (χ1v) is 7.83. The highest BCUT2D eigenvalue weighted by molar-refractivity contribution is 6.08. The molecule has 3 rings (SSSR count). The van der Waals surface area contributed by atoms with E-state index in [4.69, 9.17) is 5.11 Å². The van der Waals surface area contributed by atoms with Gasteiger partial charge in [0.1, 0.15) is 5.69 Å². The van der Waals surface area contributed by atoms with Crippen LogP contribution >= 0.6 is 0 Å². The van der Waals surface area contributed by atoms with E-state index >= 15 is 0 Å². The monoisotopic (exact) mass is 326 g/mol. The summed E-state index contributed by atoms with van der Waals surface area (Å²) in [5.74, 6) is -1.27. The number of carbonyl (C=O) groups is 3. The normalized spacial score (nSPS) is 13.5. The minimum absolute atomic E-state index is 0.0651. The first-order chi connectivity index (χ1) is 11.5. The number of hydrogen-bond donors (Lipinski definition) is 3. The molecular weight excluding hydrogens is 308 g/mol. The third-order valence-electron chi connectivity index (χ3n) is 4.27. The Morgan fingerprint density at radius 3 is 2.71 bits per heavy atom. The van der Waals surface area contributed by atoms with Crippen LogP contribution in [0.4, 0.5) is 5.69 Å². The molecule has 0 saturated heterocycles. The number of anilines is 1. The molecule has 6 heteroatoms. The van der Waals surface area contributed by atoms with Gasteiger partial charge in [-0.2, -0.15) is 0 Å². The molecule has 1 aromatic heterocycles. The van der Waals surface area contributed by atoms with Gasteiger partial charge in [0.25, 0.3) is 5.91 Å². The van der Waals surface area contributed by atoms with Gasteiger partial charge >= 0.3 is 5.97 Å². The van der Waals surface area contributed by atoms with Crippen LogP contribution in [0.5, 0.6) is 0 Å². The summed E-state index contributed by atoms with van der Waals surface area (Å²) in [6.45, 7) is 1.76. The third-order valence-corrected chi connectivity index (χ3v) is 4.27. The predicted molar refractivity (Wildman–Crippen MR) is 88.5 cm³/mol. The molecule has 0 spiro atoms. The Bertz CT molecular complexity index is 836. The summed E-state index contributed by atoms with van der Waals surface area (Å²) in [4.78, 5) is 38.7. The average Bonchev–Trinajstić information content (AvgIpc) is 2.87. The summed E-state index contributed by atoms with van der Waals surface area (Å²) in [7, 11) is 0. The molecule has 1 heterocycles. The van der Waals surface area contributed by atoms with Gasteiger partial charge in [-0.05, 0) is 37.0 Å². The highest BCUT2D eigenvalue weighted by Gasteiger charge is 2.26. The summed E-state index contributed by atoms with van der Waals surface area (Å²) in [5, 5.41) is 11.7. The number of hydrogen-bond acceptors (Lipinski definition) is 3. The van der Waals surface area contributed by atoms with Crippen molar-refractivity contribution in [1.29, 1.82) is 0 Å². The lowest BCUT2D eigenvalue weighted by Gasteiger charge is -2.10. The summed E-state index contributed by atoms with van der Waals surface area (Å²) in [5.41, 5.74) is 3.45. The van der Waals surface area contributed by atoms with Crippen LogP contribution < -0.4 is 5.32 Å². The van der Waals surface area contributed by atoms with Crippen molar-refractivity contribution in [3.63, 3.8) is 0 Å². The van der Waals surface area contributed by atoms with Crippen LogP contribution in [0.1, 0.15) is 50.5 Å². The number of aliphatic carboxylic acids is 1. The minimum Gasteiger partial charge on any atom is -0.481 e. The number of para-hydroxylation sites is 1. The quantitative estimate of drug-likeness (QED) is 0.804. The molecule has 124 valence electrons. The molecule has 0 unspecified atom stereocenters. The molecule has 2 aromatic rings. The van der Waals surface area contributed by atoms with Crippen LogP contribution in [0.15, 0.2) is 24.3 Å². The SMILES string of the molecule is Cc1c(C(=O)Nc2ccccc2CC(=O)O)[nH]c2c1C(=O)CCC2. The fraction of sp³-hybridized carbons (Fsp3) is 0.278. The van der Waals surface area contributed by atoms with E-state index in [0.717, 1.165) is 18.5 Å². The fourth-order valence-corrected chi connectivity index (χ4v) is 3.15. The van der Waals surface area contributed by atoms with Crippen molar-refractivity contribution in [1.82, 2.24) is 4.98 Å². The number of H-pyrrole nitrogens is 1. The average molecular weight is 326 g/mol. The molecule has 0 saturated carbocycles. The molecule has 0 aliphatic heterocycles. The third kappa shape index (κ3) is 2.95. The van der Waals surface area contributed by atoms with Gasteiger partial charge in [0.2, 0.25) is 0 Å². The Morgan fingerprint density at radius 2 is 2.00 bits per heavy atom. The van der Waals surface area contributed by atoms with E-state index in [-0.39, 0.29) is 18.1 Å². The van der Waals surface area contributed by atoms with Gasteiger partial charge in [-0.15, -0.1) is 0 Å².